The third kappa shape index (κ3) is 3.12. The fourth-order valence-corrected chi connectivity index (χ4v) is 2.21. The Hall–Kier alpha value is -0.860. The van der Waals surface area contributed by atoms with Crippen LogP contribution in [0.1, 0.15) is 5.56 Å². The molecule has 0 bridgehead atoms. The fourth-order valence-electron chi connectivity index (χ4n) is 0.981. The summed E-state index contributed by atoms with van der Waals surface area (Å²) in [6.45, 7) is 3.45. The third-order valence-electron chi connectivity index (χ3n) is 1.92. The van der Waals surface area contributed by atoms with Crippen molar-refractivity contribution in [3.05, 3.63) is 36.4 Å². The van der Waals surface area contributed by atoms with Gasteiger partial charge in [-0.3, -0.25) is 0 Å². The molecule has 0 fully saturated rings. The Balaban J connectivity index is 2.94. The van der Waals surface area contributed by atoms with E-state index in [1.54, 1.807) is 0 Å². The minimum atomic E-state index is -5.02. The zero-order valence-electron chi connectivity index (χ0n) is 8.78. The maximum Gasteiger partial charge on any atom is 0.416 e. The predicted molar refractivity (Wildman–Crippen MR) is 63.1 cm³/mol. The van der Waals surface area contributed by atoms with Crippen LogP contribution in [0, 0.1) is 0 Å². The highest BCUT2D eigenvalue weighted by Gasteiger charge is 2.62. The number of thioether (sulfide) groups is 1. The van der Waals surface area contributed by atoms with Gasteiger partial charge in [0.05, 0.1) is 0 Å². The average Bonchev–Trinajstić information content (AvgIpc) is 2.29. The van der Waals surface area contributed by atoms with Crippen molar-refractivity contribution in [2.24, 2.45) is 0 Å². The zero-order chi connectivity index (χ0) is 14.0. The van der Waals surface area contributed by atoms with Crippen molar-refractivity contribution >= 4 is 28.9 Å². The first-order chi connectivity index (χ1) is 8.20. The number of benzene rings is 1. The maximum absolute atomic E-state index is 13.2. The minimum absolute atomic E-state index is 0.143. The van der Waals surface area contributed by atoms with Crippen molar-refractivity contribution in [3.63, 3.8) is 0 Å². The predicted octanol–water partition coefficient (Wildman–Crippen LogP) is 3.83. The number of halogens is 4. The summed E-state index contributed by atoms with van der Waals surface area (Å²) in [5.41, 5.74) is 0.639. The van der Waals surface area contributed by atoms with Crippen molar-refractivity contribution < 1.29 is 26.3 Å². The Morgan fingerprint density at radius 1 is 1.22 bits per heavy atom. The molecule has 1 aromatic rings. The van der Waals surface area contributed by atoms with Crippen LogP contribution in [-0.4, -0.2) is 19.3 Å². The van der Waals surface area contributed by atoms with Crippen LogP contribution in [0.15, 0.2) is 35.7 Å². The van der Waals surface area contributed by atoms with Crippen LogP contribution in [0.25, 0.3) is 6.08 Å². The molecule has 0 aliphatic heterocycles. The quantitative estimate of drug-likeness (QED) is 0.510. The van der Waals surface area contributed by atoms with Crippen molar-refractivity contribution in [3.8, 4) is 0 Å². The molecule has 0 amide bonds. The summed E-state index contributed by atoms with van der Waals surface area (Å²) in [5, 5.41) is -9.70. The molecule has 1 unspecified atom stereocenters. The molecular formula is C10H8F4O2S2. The van der Waals surface area contributed by atoms with Gasteiger partial charge in [-0.15, -0.1) is 0 Å². The van der Waals surface area contributed by atoms with Gasteiger partial charge in [0.1, 0.15) is 0 Å². The number of hydrogen-bond acceptors (Lipinski definition) is 2. The minimum Gasteiger partial charge on any atom is -0.301 e. The number of hydrogen-bond donors (Lipinski definition) is 1. The second kappa shape index (κ2) is 5.41. The van der Waals surface area contributed by atoms with Crippen LogP contribution in [-0.2, 0) is 11.1 Å². The normalized spacial score (nSPS) is 14.3. The summed E-state index contributed by atoms with van der Waals surface area (Å²) < 4.78 is 70.4. The van der Waals surface area contributed by atoms with Gasteiger partial charge in [-0.25, -0.2) is 4.21 Å². The van der Waals surface area contributed by atoms with Gasteiger partial charge in [0.25, 0.3) is 0 Å². The number of alkyl halides is 4. The molecule has 0 aliphatic rings. The molecule has 1 N–H and O–H groups in total. The molecule has 2 nitrogen and oxygen atoms in total. The summed E-state index contributed by atoms with van der Waals surface area (Å²) >= 11 is -4.42. The molecule has 100 valence electrons. The van der Waals surface area contributed by atoms with Gasteiger partial charge >= 0.3 is 10.5 Å². The van der Waals surface area contributed by atoms with E-state index in [1.807, 2.05) is 0 Å². The zero-order valence-corrected chi connectivity index (χ0v) is 10.4. The molecule has 8 heteroatoms. The van der Waals surface area contributed by atoms with Crippen LogP contribution >= 0.6 is 11.8 Å². The molecule has 1 aromatic carbocycles. The van der Waals surface area contributed by atoms with Gasteiger partial charge < -0.3 is 4.55 Å². The van der Waals surface area contributed by atoms with E-state index in [2.05, 4.69) is 6.58 Å². The van der Waals surface area contributed by atoms with Gasteiger partial charge in [0.15, 0.2) is 0 Å². The molecular weight excluding hydrogens is 292 g/mol. The van der Waals surface area contributed by atoms with Crippen LogP contribution in [0.2, 0.25) is 0 Å². The third-order valence-corrected chi connectivity index (χ3v) is 3.76. The molecule has 0 saturated heterocycles. The Kier molecular flexibility index (Phi) is 4.57. The molecule has 0 radical (unpaired) electrons. The summed E-state index contributed by atoms with van der Waals surface area (Å²) in [6.07, 6.45) is 1.46. The van der Waals surface area contributed by atoms with E-state index in [0.29, 0.717) is 5.56 Å². The molecule has 0 aliphatic carbocycles. The van der Waals surface area contributed by atoms with E-state index >= 15 is 0 Å². The van der Waals surface area contributed by atoms with Gasteiger partial charge in [-0.1, -0.05) is 24.8 Å². The van der Waals surface area contributed by atoms with E-state index in [1.165, 1.54) is 30.3 Å². The summed E-state index contributed by atoms with van der Waals surface area (Å²) in [6, 6.07) is 5.23. The van der Waals surface area contributed by atoms with Crippen molar-refractivity contribution in [1.82, 2.24) is 0 Å². The monoisotopic (exact) mass is 300 g/mol. The van der Waals surface area contributed by atoms with Crippen LogP contribution in [0.4, 0.5) is 17.6 Å². The maximum atomic E-state index is 13.2. The van der Waals surface area contributed by atoms with Crippen LogP contribution < -0.4 is 0 Å². The molecule has 18 heavy (non-hydrogen) atoms. The van der Waals surface area contributed by atoms with E-state index < -0.39 is 33.4 Å². The van der Waals surface area contributed by atoms with Crippen molar-refractivity contribution in [2.45, 2.75) is 15.4 Å². The highest BCUT2D eigenvalue weighted by molar-refractivity contribution is 8.01. The fraction of sp³-hybridized carbons (Fsp3) is 0.200. The first-order valence-electron chi connectivity index (χ1n) is 4.49. The lowest BCUT2D eigenvalue weighted by atomic mass is 10.2. The number of rotatable bonds is 5. The molecule has 0 heterocycles. The summed E-state index contributed by atoms with van der Waals surface area (Å²) in [7, 11) is 0. The lowest BCUT2D eigenvalue weighted by Gasteiger charge is -2.22. The van der Waals surface area contributed by atoms with Gasteiger partial charge in [-0.05, 0) is 29.5 Å². The largest absolute Gasteiger partial charge is 0.416 e. The molecule has 0 saturated carbocycles. The molecule has 1 atom stereocenters. The summed E-state index contributed by atoms with van der Waals surface area (Å²) in [4.78, 5) is -0.143. The van der Waals surface area contributed by atoms with E-state index in [9.17, 15) is 21.8 Å². The van der Waals surface area contributed by atoms with Crippen molar-refractivity contribution in [1.29, 1.82) is 0 Å². The second-order valence-electron chi connectivity index (χ2n) is 3.16. The van der Waals surface area contributed by atoms with Crippen LogP contribution in [0.5, 0.6) is 0 Å². The molecule has 0 aromatic heterocycles. The Bertz CT molecular complexity index is 459. The van der Waals surface area contributed by atoms with E-state index in [4.69, 9.17) is 4.55 Å². The highest BCUT2D eigenvalue weighted by Crippen LogP contribution is 2.48. The van der Waals surface area contributed by atoms with E-state index in [0.717, 1.165) is 0 Å². The molecule has 1 rings (SSSR count). The highest BCUT2D eigenvalue weighted by atomic mass is 32.2. The van der Waals surface area contributed by atoms with Crippen LogP contribution in [0.3, 0.4) is 0 Å². The standard InChI is InChI=1S/C10H8F4O2S2/c1-2-7-3-5-8(6-4-7)17-9(11,12)10(13,14)18(15)16/h2-6H,1H2,(H,15,16). The average molecular weight is 300 g/mol. The van der Waals surface area contributed by atoms with Gasteiger partial charge in [0, 0.05) is 4.90 Å². The smallest absolute Gasteiger partial charge is 0.301 e. The molecule has 0 spiro atoms. The first kappa shape index (κ1) is 15.2. The van der Waals surface area contributed by atoms with Gasteiger partial charge in [-0.2, -0.15) is 17.6 Å². The van der Waals surface area contributed by atoms with Crippen molar-refractivity contribution in [2.75, 3.05) is 0 Å². The topological polar surface area (TPSA) is 37.3 Å². The Morgan fingerprint density at radius 2 is 1.72 bits per heavy atom. The summed E-state index contributed by atoms with van der Waals surface area (Å²) in [5.74, 6) is 0. The van der Waals surface area contributed by atoms with Gasteiger partial charge in [0.2, 0.25) is 11.1 Å². The Labute approximate surface area is 107 Å². The second-order valence-corrected chi connectivity index (χ2v) is 5.36. The first-order valence-corrected chi connectivity index (χ1v) is 6.41. The lowest BCUT2D eigenvalue weighted by molar-refractivity contribution is -0.0907. The Morgan fingerprint density at radius 3 is 2.11 bits per heavy atom. The SMILES string of the molecule is C=Cc1ccc(SC(F)(F)C(F)(F)S(=O)O)cc1. The lowest BCUT2D eigenvalue weighted by Crippen LogP contribution is -2.41. The van der Waals surface area contributed by atoms with E-state index in [-0.39, 0.29) is 4.90 Å².